The third kappa shape index (κ3) is 5.60. The molecule has 1 heterocycles. The van der Waals surface area contributed by atoms with Crippen molar-refractivity contribution in [1.29, 1.82) is 0 Å². The van der Waals surface area contributed by atoms with Crippen LogP contribution in [0.4, 0.5) is 0 Å². The average molecular weight is 341 g/mol. The van der Waals surface area contributed by atoms with E-state index < -0.39 is 21.8 Å². The van der Waals surface area contributed by atoms with Crippen LogP contribution in [0.1, 0.15) is 32.8 Å². The first kappa shape index (κ1) is 17.9. The Labute approximate surface area is 137 Å². The average Bonchev–Trinajstić information content (AvgIpc) is 2.35. The number of nitrogens with zero attached hydrogens (tertiary/aromatic N) is 1. The molecule has 0 unspecified atom stereocenters. The van der Waals surface area contributed by atoms with Gasteiger partial charge in [0.25, 0.3) is 10.1 Å². The molecule has 0 spiro atoms. The molecule has 1 saturated heterocycles. The summed E-state index contributed by atoms with van der Waals surface area (Å²) in [7, 11) is -3.68. The fourth-order valence-corrected chi connectivity index (χ4v) is 3.18. The minimum Gasteiger partial charge on any atom is -0.459 e. The van der Waals surface area contributed by atoms with Crippen molar-refractivity contribution in [2.24, 2.45) is 0 Å². The lowest BCUT2D eigenvalue weighted by molar-refractivity contribution is -0.168. The lowest BCUT2D eigenvalue weighted by atomic mass is 10.0. The Morgan fingerprint density at radius 2 is 1.91 bits per heavy atom. The molecule has 1 atom stereocenters. The maximum Gasteiger partial charge on any atom is 0.323 e. The summed E-state index contributed by atoms with van der Waals surface area (Å²) in [4.78, 5) is 13.7. The highest BCUT2D eigenvalue weighted by Gasteiger charge is 2.37. The molecule has 0 aromatic heterocycles. The first-order valence-electron chi connectivity index (χ1n) is 7.54. The van der Waals surface area contributed by atoms with Gasteiger partial charge in [-0.3, -0.25) is 13.9 Å². The lowest BCUT2D eigenvalue weighted by Gasteiger charge is -2.39. The monoisotopic (exact) mass is 341 g/mol. The van der Waals surface area contributed by atoms with Crippen molar-refractivity contribution in [2.45, 2.75) is 44.6 Å². The molecule has 1 aliphatic rings. The number of likely N-dealkylation sites (tertiary alicyclic amines) is 1. The van der Waals surface area contributed by atoms with Gasteiger partial charge in [-0.15, -0.1) is 0 Å². The Hall–Kier alpha value is -1.44. The highest BCUT2D eigenvalue weighted by molar-refractivity contribution is 7.85. The molecule has 6 nitrogen and oxygen atoms in total. The Bertz CT molecular complexity index is 636. The van der Waals surface area contributed by atoms with Crippen molar-refractivity contribution in [1.82, 2.24) is 4.90 Å². The van der Waals surface area contributed by atoms with E-state index in [0.29, 0.717) is 18.5 Å². The number of rotatable bonds is 6. The van der Waals surface area contributed by atoms with E-state index >= 15 is 0 Å². The molecule has 128 valence electrons. The Balaban J connectivity index is 1.84. The minimum atomic E-state index is -3.68. The number of carbonyl (C=O) groups is 1. The van der Waals surface area contributed by atoms with Crippen LogP contribution in [0.2, 0.25) is 0 Å². The highest BCUT2D eigenvalue weighted by Crippen LogP contribution is 2.22. The number of carbonyl (C=O) groups excluding carboxylic acids is 1. The summed E-state index contributed by atoms with van der Waals surface area (Å²) >= 11 is 0. The highest BCUT2D eigenvalue weighted by atomic mass is 32.2. The summed E-state index contributed by atoms with van der Waals surface area (Å²) in [5, 5.41) is 0. The molecular formula is C16H23NO5S. The van der Waals surface area contributed by atoms with Crippen molar-refractivity contribution < 1.29 is 22.1 Å². The number of benzene rings is 1. The van der Waals surface area contributed by atoms with Gasteiger partial charge in [0.1, 0.15) is 24.1 Å². The van der Waals surface area contributed by atoms with Crippen molar-refractivity contribution >= 4 is 16.1 Å². The van der Waals surface area contributed by atoms with E-state index in [1.165, 1.54) is 0 Å². The summed E-state index contributed by atoms with van der Waals surface area (Å²) in [6.45, 7) is 5.89. The van der Waals surface area contributed by atoms with Crippen LogP contribution in [0.3, 0.4) is 0 Å². The first-order valence-corrected chi connectivity index (χ1v) is 9.12. The van der Waals surface area contributed by atoms with E-state index in [0.717, 1.165) is 0 Å². The summed E-state index contributed by atoms with van der Waals surface area (Å²) in [6.07, 6.45) is 0.650. The van der Waals surface area contributed by atoms with Crippen LogP contribution in [-0.4, -0.2) is 44.2 Å². The lowest BCUT2D eigenvalue weighted by Crippen LogP contribution is -2.54. The van der Waals surface area contributed by atoms with Crippen molar-refractivity contribution in [3.05, 3.63) is 35.9 Å². The standard InChI is InChI=1S/C16H23NO5S/c1-16(2,3)22-15(18)14-9-10-17(14)12-21-23(19,20)11-13-7-5-4-6-8-13/h4-8,14H,9-12H2,1-3H3/t14-/m1/s1. The third-order valence-electron chi connectivity index (χ3n) is 3.39. The second kappa shape index (κ2) is 6.98. The molecule has 0 amide bonds. The van der Waals surface area contributed by atoms with Gasteiger partial charge < -0.3 is 4.74 Å². The van der Waals surface area contributed by atoms with Crippen LogP contribution in [0, 0.1) is 0 Å². The molecule has 7 heteroatoms. The molecule has 0 radical (unpaired) electrons. The molecule has 0 saturated carbocycles. The minimum absolute atomic E-state index is 0.126. The van der Waals surface area contributed by atoms with Crippen LogP contribution >= 0.6 is 0 Å². The molecule has 0 bridgehead atoms. The van der Waals surface area contributed by atoms with Gasteiger partial charge in [0.2, 0.25) is 0 Å². The number of ether oxygens (including phenoxy) is 1. The molecule has 0 N–H and O–H groups in total. The van der Waals surface area contributed by atoms with Gasteiger partial charge in [0.15, 0.2) is 0 Å². The molecule has 1 aromatic rings. The molecule has 1 fully saturated rings. The summed E-state index contributed by atoms with van der Waals surface area (Å²) in [5.41, 5.74) is 0.110. The fourth-order valence-electron chi connectivity index (χ4n) is 2.20. The zero-order valence-electron chi connectivity index (χ0n) is 13.7. The Morgan fingerprint density at radius 1 is 1.26 bits per heavy atom. The topological polar surface area (TPSA) is 72.9 Å². The van der Waals surface area contributed by atoms with Gasteiger partial charge in [-0.25, -0.2) is 0 Å². The van der Waals surface area contributed by atoms with E-state index in [4.69, 9.17) is 8.92 Å². The Kier molecular flexibility index (Phi) is 5.44. The molecule has 1 aromatic carbocycles. The number of hydrogen-bond donors (Lipinski definition) is 0. The summed E-state index contributed by atoms with van der Waals surface area (Å²) in [6, 6.07) is 8.41. The van der Waals surface area contributed by atoms with Gasteiger partial charge in [0.05, 0.1) is 0 Å². The molecule has 2 rings (SSSR count). The van der Waals surface area contributed by atoms with Crippen LogP contribution in [0.25, 0.3) is 0 Å². The third-order valence-corrected chi connectivity index (χ3v) is 4.55. The van der Waals surface area contributed by atoms with E-state index in [9.17, 15) is 13.2 Å². The van der Waals surface area contributed by atoms with Gasteiger partial charge >= 0.3 is 5.97 Å². The van der Waals surface area contributed by atoms with E-state index in [-0.39, 0.29) is 18.5 Å². The van der Waals surface area contributed by atoms with E-state index in [2.05, 4.69) is 0 Å². The van der Waals surface area contributed by atoms with E-state index in [1.54, 1.807) is 49.9 Å². The second-order valence-corrected chi connectivity index (χ2v) is 8.22. The SMILES string of the molecule is CC(C)(C)OC(=O)[C@H]1CCN1COS(=O)(=O)Cc1ccccc1. The van der Waals surface area contributed by atoms with Crippen LogP contribution in [-0.2, 0) is 29.6 Å². The summed E-state index contributed by atoms with van der Waals surface area (Å²) < 4.78 is 34.3. The number of hydrogen-bond acceptors (Lipinski definition) is 6. The van der Waals surface area contributed by atoms with Crippen LogP contribution in [0.15, 0.2) is 30.3 Å². The van der Waals surface area contributed by atoms with Gasteiger partial charge in [0, 0.05) is 6.54 Å². The second-order valence-electron chi connectivity index (χ2n) is 6.58. The quantitative estimate of drug-likeness (QED) is 0.581. The molecule has 23 heavy (non-hydrogen) atoms. The van der Waals surface area contributed by atoms with Gasteiger partial charge in [-0.2, -0.15) is 8.42 Å². The van der Waals surface area contributed by atoms with Crippen molar-refractivity contribution in [3.63, 3.8) is 0 Å². The summed E-state index contributed by atoms with van der Waals surface area (Å²) in [5.74, 6) is -0.522. The maximum atomic E-state index is 12.0. The zero-order valence-corrected chi connectivity index (χ0v) is 14.5. The van der Waals surface area contributed by atoms with Crippen LogP contribution in [0.5, 0.6) is 0 Å². The van der Waals surface area contributed by atoms with Gasteiger partial charge in [-0.05, 0) is 32.8 Å². The predicted molar refractivity (Wildman–Crippen MR) is 86.0 cm³/mol. The largest absolute Gasteiger partial charge is 0.459 e. The zero-order chi connectivity index (χ0) is 17.1. The first-order chi connectivity index (χ1) is 10.7. The predicted octanol–water partition coefficient (Wildman–Crippen LogP) is 1.91. The van der Waals surface area contributed by atoms with Crippen molar-refractivity contribution in [3.8, 4) is 0 Å². The molecular weight excluding hydrogens is 318 g/mol. The van der Waals surface area contributed by atoms with Crippen LogP contribution < -0.4 is 0 Å². The number of esters is 1. The fraction of sp³-hybridized carbons (Fsp3) is 0.562. The van der Waals surface area contributed by atoms with Crippen molar-refractivity contribution in [2.75, 3.05) is 13.3 Å². The normalized spacial score (nSPS) is 19.2. The molecule has 1 aliphatic heterocycles. The van der Waals surface area contributed by atoms with E-state index in [1.807, 2.05) is 6.07 Å². The maximum absolute atomic E-state index is 12.0. The van der Waals surface area contributed by atoms with Gasteiger partial charge in [-0.1, -0.05) is 30.3 Å². The molecule has 0 aliphatic carbocycles. The smallest absolute Gasteiger partial charge is 0.323 e. The Morgan fingerprint density at radius 3 is 2.43 bits per heavy atom.